The second-order valence-corrected chi connectivity index (χ2v) is 2.99. The number of hydrogen-bond acceptors (Lipinski definition) is 3. The molecule has 1 rings (SSSR count). The Bertz CT molecular complexity index is 171. The number of ether oxygens (including phenoxy) is 1. The first-order valence-corrected chi connectivity index (χ1v) is 4.30. The summed E-state index contributed by atoms with van der Waals surface area (Å²) in [6.07, 6.45) is 5.80. The lowest BCUT2D eigenvalue weighted by atomic mass is 9.99. The second kappa shape index (κ2) is 4.93. The molecule has 12 heavy (non-hydrogen) atoms. The van der Waals surface area contributed by atoms with Crippen LogP contribution in [0.4, 0.5) is 0 Å². The largest absolute Gasteiger partial charge is 0.466 e. The highest BCUT2D eigenvalue weighted by molar-refractivity contribution is 5.81. The zero-order chi connectivity index (χ0) is 8.81. The molecular formula is C9H15NO2. The van der Waals surface area contributed by atoms with Crippen LogP contribution in [0.5, 0.6) is 0 Å². The predicted octanol–water partition coefficient (Wildman–Crippen LogP) is 0.715. The fraction of sp³-hybridized carbons (Fsp3) is 0.667. The van der Waals surface area contributed by atoms with Crippen molar-refractivity contribution in [2.45, 2.75) is 12.8 Å². The Morgan fingerprint density at radius 3 is 3.08 bits per heavy atom. The van der Waals surface area contributed by atoms with E-state index in [4.69, 9.17) is 0 Å². The highest BCUT2D eigenvalue weighted by Gasteiger charge is 2.09. The van der Waals surface area contributed by atoms with E-state index in [9.17, 15) is 4.79 Å². The van der Waals surface area contributed by atoms with Crippen molar-refractivity contribution < 1.29 is 9.53 Å². The molecule has 0 amide bonds. The first-order chi connectivity index (χ1) is 5.83. The minimum absolute atomic E-state index is 0.263. The molecule has 1 N–H and O–H groups in total. The summed E-state index contributed by atoms with van der Waals surface area (Å²) in [5.74, 6) is 0.235. The summed E-state index contributed by atoms with van der Waals surface area (Å²) in [5.41, 5.74) is 0. The first-order valence-electron chi connectivity index (χ1n) is 4.30. The summed E-state index contributed by atoms with van der Waals surface area (Å²) in [6.45, 7) is 2.08. The Hall–Kier alpha value is -0.830. The maximum absolute atomic E-state index is 10.7. The van der Waals surface area contributed by atoms with Gasteiger partial charge in [-0.15, -0.1) is 0 Å². The third kappa shape index (κ3) is 3.05. The number of piperidine rings is 1. The van der Waals surface area contributed by atoms with Crippen molar-refractivity contribution in [1.82, 2.24) is 5.32 Å². The number of hydrogen-bond donors (Lipinski definition) is 1. The van der Waals surface area contributed by atoms with Crippen LogP contribution in [0.2, 0.25) is 0 Å². The van der Waals surface area contributed by atoms with Gasteiger partial charge in [0.25, 0.3) is 0 Å². The van der Waals surface area contributed by atoms with Gasteiger partial charge < -0.3 is 10.1 Å². The van der Waals surface area contributed by atoms with Gasteiger partial charge in [0.05, 0.1) is 7.11 Å². The summed E-state index contributed by atoms with van der Waals surface area (Å²) < 4.78 is 4.50. The minimum atomic E-state index is -0.263. The van der Waals surface area contributed by atoms with Crippen molar-refractivity contribution >= 4 is 5.97 Å². The number of nitrogens with one attached hydrogen (secondary N) is 1. The predicted molar refractivity (Wildman–Crippen MR) is 46.7 cm³/mol. The third-order valence-corrected chi connectivity index (χ3v) is 2.04. The fourth-order valence-electron chi connectivity index (χ4n) is 1.33. The average Bonchev–Trinajstić information content (AvgIpc) is 2.16. The van der Waals surface area contributed by atoms with Crippen LogP contribution < -0.4 is 5.32 Å². The van der Waals surface area contributed by atoms with Gasteiger partial charge in [-0.05, 0) is 25.3 Å². The van der Waals surface area contributed by atoms with Gasteiger partial charge in [0.15, 0.2) is 0 Å². The van der Waals surface area contributed by atoms with Gasteiger partial charge in [-0.2, -0.15) is 0 Å². The molecule has 0 spiro atoms. The molecule has 1 unspecified atom stereocenters. The second-order valence-electron chi connectivity index (χ2n) is 2.99. The van der Waals surface area contributed by atoms with Crippen molar-refractivity contribution in [3.05, 3.63) is 12.2 Å². The van der Waals surface area contributed by atoms with E-state index in [0.717, 1.165) is 13.1 Å². The molecule has 0 bridgehead atoms. The minimum Gasteiger partial charge on any atom is -0.466 e. The van der Waals surface area contributed by atoms with Crippen LogP contribution in [-0.2, 0) is 9.53 Å². The summed E-state index contributed by atoms with van der Waals surface area (Å²) in [5, 5.41) is 3.27. The van der Waals surface area contributed by atoms with Gasteiger partial charge in [-0.25, -0.2) is 4.79 Å². The summed E-state index contributed by atoms with van der Waals surface area (Å²) >= 11 is 0. The molecule has 0 radical (unpaired) electrons. The highest BCUT2D eigenvalue weighted by atomic mass is 16.5. The van der Waals surface area contributed by atoms with E-state index in [1.54, 1.807) is 0 Å². The molecule has 0 aromatic carbocycles. The molecule has 68 valence electrons. The Morgan fingerprint density at radius 1 is 1.67 bits per heavy atom. The molecular weight excluding hydrogens is 154 g/mol. The molecule has 1 atom stereocenters. The van der Waals surface area contributed by atoms with Gasteiger partial charge in [0.1, 0.15) is 0 Å². The van der Waals surface area contributed by atoms with Gasteiger partial charge in [-0.1, -0.05) is 6.08 Å². The number of rotatable bonds is 2. The Morgan fingerprint density at radius 2 is 2.50 bits per heavy atom. The Kier molecular flexibility index (Phi) is 3.80. The van der Waals surface area contributed by atoms with Crippen LogP contribution in [0.1, 0.15) is 12.8 Å². The number of carbonyl (C=O) groups is 1. The third-order valence-electron chi connectivity index (χ3n) is 2.04. The monoisotopic (exact) mass is 169 g/mol. The topological polar surface area (TPSA) is 38.3 Å². The number of esters is 1. The summed E-state index contributed by atoms with van der Waals surface area (Å²) in [4.78, 5) is 10.7. The lowest BCUT2D eigenvalue weighted by molar-refractivity contribution is -0.134. The van der Waals surface area contributed by atoms with E-state index in [1.165, 1.54) is 26.0 Å². The lowest BCUT2D eigenvalue weighted by Crippen LogP contribution is -2.28. The zero-order valence-electron chi connectivity index (χ0n) is 7.38. The van der Waals surface area contributed by atoms with E-state index in [0.29, 0.717) is 5.92 Å². The highest BCUT2D eigenvalue weighted by Crippen LogP contribution is 2.10. The molecule has 3 heteroatoms. The molecule has 1 aliphatic heterocycles. The van der Waals surface area contributed by atoms with Crippen LogP contribution >= 0.6 is 0 Å². The number of carbonyl (C=O) groups excluding carboxylic acids is 1. The van der Waals surface area contributed by atoms with E-state index in [2.05, 4.69) is 10.1 Å². The van der Waals surface area contributed by atoms with Crippen LogP contribution in [0.25, 0.3) is 0 Å². The SMILES string of the molecule is COC(=O)/C=C\C1CCCNC1. The van der Waals surface area contributed by atoms with Crippen LogP contribution in [0, 0.1) is 5.92 Å². The summed E-state index contributed by atoms with van der Waals surface area (Å²) in [7, 11) is 1.39. The standard InChI is InChI=1S/C9H15NO2/c1-12-9(11)5-4-8-3-2-6-10-7-8/h4-5,8,10H,2-3,6-7H2,1H3/b5-4-. The van der Waals surface area contributed by atoms with Crippen LogP contribution in [0.15, 0.2) is 12.2 Å². The van der Waals surface area contributed by atoms with E-state index >= 15 is 0 Å². The normalized spacial score (nSPS) is 24.2. The molecule has 0 aromatic rings. The quantitative estimate of drug-likeness (QED) is 0.489. The smallest absolute Gasteiger partial charge is 0.330 e. The van der Waals surface area contributed by atoms with Gasteiger partial charge in [0, 0.05) is 12.6 Å². The average molecular weight is 169 g/mol. The Labute approximate surface area is 72.8 Å². The summed E-state index contributed by atoms with van der Waals surface area (Å²) in [6, 6.07) is 0. The van der Waals surface area contributed by atoms with E-state index < -0.39 is 0 Å². The molecule has 1 fully saturated rings. The van der Waals surface area contributed by atoms with Crippen LogP contribution in [0.3, 0.4) is 0 Å². The van der Waals surface area contributed by atoms with Crippen LogP contribution in [-0.4, -0.2) is 26.2 Å². The molecule has 3 nitrogen and oxygen atoms in total. The molecule has 0 saturated carbocycles. The number of methoxy groups -OCH3 is 1. The van der Waals surface area contributed by atoms with E-state index in [-0.39, 0.29) is 5.97 Å². The molecule has 0 aromatic heterocycles. The van der Waals surface area contributed by atoms with E-state index in [1.807, 2.05) is 6.08 Å². The maximum Gasteiger partial charge on any atom is 0.330 e. The van der Waals surface area contributed by atoms with Gasteiger partial charge in [-0.3, -0.25) is 0 Å². The maximum atomic E-state index is 10.7. The Balaban J connectivity index is 2.28. The van der Waals surface area contributed by atoms with Crippen molar-refractivity contribution in [3.63, 3.8) is 0 Å². The first kappa shape index (κ1) is 9.26. The van der Waals surface area contributed by atoms with Gasteiger partial charge >= 0.3 is 5.97 Å². The molecule has 1 heterocycles. The molecule has 1 saturated heterocycles. The lowest BCUT2D eigenvalue weighted by Gasteiger charge is -2.18. The molecule has 0 aliphatic carbocycles. The van der Waals surface area contributed by atoms with Crippen molar-refractivity contribution in [3.8, 4) is 0 Å². The van der Waals surface area contributed by atoms with Crippen molar-refractivity contribution in [1.29, 1.82) is 0 Å². The fourth-order valence-corrected chi connectivity index (χ4v) is 1.33. The van der Waals surface area contributed by atoms with Gasteiger partial charge in [0.2, 0.25) is 0 Å². The zero-order valence-corrected chi connectivity index (χ0v) is 7.38. The van der Waals surface area contributed by atoms with Crippen molar-refractivity contribution in [2.75, 3.05) is 20.2 Å². The molecule has 1 aliphatic rings. The van der Waals surface area contributed by atoms with Crippen molar-refractivity contribution in [2.24, 2.45) is 5.92 Å².